The number of aliphatic hydroxyl groups excluding tert-OH is 1. The summed E-state index contributed by atoms with van der Waals surface area (Å²) in [4.78, 5) is 15.5. The maximum absolute atomic E-state index is 12.8. The van der Waals surface area contributed by atoms with E-state index in [4.69, 9.17) is 9.63 Å². The summed E-state index contributed by atoms with van der Waals surface area (Å²) in [5, 5.41) is 15.0. The molecule has 0 aliphatic carbocycles. The lowest BCUT2D eigenvalue weighted by Crippen LogP contribution is -2.26. The van der Waals surface area contributed by atoms with Gasteiger partial charge in [0.05, 0.1) is 6.61 Å². The van der Waals surface area contributed by atoms with Gasteiger partial charge in [0.15, 0.2) is 0 Å². The molecule has 0 saturated carbocycles. The summed E-state index contributed by atoms with van der Waals surface area (Å²) in [5.74, 6) is 0.387. The van der Waals surface area contributed by atoms with Crippen molar-refractivity contribution in [2.24, 2.45) is 0 Å². The van der Waals surface area contributed by atoms with Gasteiger partial charge in [-0.05, 0) is 30.7 Å². The fraction of sp³-hybridized carbons (Fsp3) is 0.357. The maximum atomic E-state index is 12.8. The molecule has 0 atom stereocenters. The van der Waals surface area contributed by atoms with Gasteiger partial charge in [0, 0.05) is 24.9 Å². The highest BCUT2D eigenvalue weighted by Gasteiger charge is 2.09. The third kappa shape index (κ3) is 4.64. The van der Waals surface area contributed by atoms with Crippen LogP contribution in [0.4, 0.5) is 4.39 Å². The van der Waals surface area contributed by atoms with Crippen molar-refractivity contribution in [3.63, 3.8) is 0 Å². The maximum Gasteiger partial charge on any atom is 0.226 e. The molecule has 2 rings (SSSR count). The van der Waals surface area contributed by atoms with E-state index in [2.05, 4.69) is 15.5 Å². The normalized spacial score (nSPS) is 10.6. The first kappa shape index (κ1) is 15.1. The van der Waals surface area contributed by atoms with Gasteiger partial charge in [-0.1, -0.05) is 5.16 Å². The minimum atomic E-state index is -0.323. The van der Waals surface area contributed by atoms with Crippen molar-refractivity contribution in [2.45, 2.75) is 19.3 Å². The molecule has 6 nitrogen and oxygen atoms in total. The van der Waals surface area contributed by atoms with Gasteiger partial charge in [0.2, 0.25) is 17.6 Å². The quantitative estimate of drug-likeness (QED) is 0.803. The van der Waals surface area contributed by atoms with Gasteiger partial charge in [0.25, 0.3) is 0 Å². The Hall–Kier alpha value is -2.28. The standard InChI is InChI=1S/C14H16FN3O3/c15-11-6-4-10(5-7-11)14-17-13(21-18-14)3-1-2-12(20)16-8-9-19/h4-7,19H,1-3,8-9H2,(H,16,20). The highest BCUT2D eigenvalue weighted by Crippen LogP contribution is 2.16. The number of aliphatic hydroxyl groups is 1. The molecule has 7 heteroatoms. The van der Waals surface area contributed by atoms with Gasteiger partial charge in [-0.25, -0.2) is 4.39 Å². The Morgan fingerprint density at radius 1 is 1.33 bits per heavy atom. The molecule has 0 unspecified atom stereocenters. The largest absolute Gasteiger partial charge is 0.395 e. The van der Waals surface area contributed by atoms with E-state index in [-0.39, 0.29) is 24.9 Å². The SMILES string of the molecule is O=C(CCCc1nc(-c2ccc(F)cc2)no1)NCCO. The summed E-state index contributed by atoms with van der Waals surface area (Å²) in [5.41, 5.74) is 0.673. The van der Waals surface area contributed by atoms with Crippen LogP contribution >= 0.6 is 0 Å². The number of rotatable bonds is 7. The minimum Gasteiger partial charge on any atom is -0.395 e. The number of aryl methyl sites for hydroxylation is 1. The number of carbonyl (C=O) groups excluding carboxylic acids is 1. The van der Waals surface area contributed by atoms with Gasteiger partial charge in [-0.15, -0.1) is 0 Å². The monoisotopic (exact) mass is 293 g/mol. The van der Waals surface area contributed by atoms with Crippen LogP contribution in [-0.2, 0) is 11.2 Å². The van der Waals surface area contributed by atoms with E-state index < -0.39 is 0 Å². The van der Waals surface area contributed by atoms with Gasteiger partial charge < -0.3 is 14.9 Å². The molecule has 1 heterocycles. The molecule has 0 fully saturated rings. The van der Waals surface area contributed by atoms with Gasteiger partial charge >= 0.3 is 0 Å². The number of hydrogen-bond acceptors (Lipinski definition) is 5. The third-order valence-corrected chi connectivity index (χ3v) is 2.80. The second kappa shape index (κ2) is 7.49. The first-order chi connectivity index (χ1) is 10.2. The molecule has 1 aromatic heterocycles. The zero-order chi connectivity index (χ0) is 15.1. The van der Waals surface area contributed by atoms with Crippen molar-refractivity contribution in [1.82, 2.24) is 15.5 Å². The molecule has 2 aromatic rings. The van der Waals surface area contributed by atoms with E-state index in [9.17, 15) is 9.18 Å². The highest BCUT2D eigenvalue weighted by atomic mass is 19.1. The van der Waals surface area contributed by atoms with E-state index in [1.807, 2.05) is 0 Å². The van der Waals surface area contributed by atoms with Crippen molar-refractivity contribution in [3.05, 3.63) is 36.0 Å². The van der Waals surface area contributed by atoms with E-state index in [0.29, 0.717) is 36.5 Å². The second-order valence-corrected chi connectivity index (χ2v) is 4.45. The first-order valence-electron chi connectivity index (χ1n) is 6.65. The fourth-order valence-electron chi connectivity index (χ4n) is 1.76. The molecule has 0 bridgehead atoms. The van der Waals surface area contributed by atoms with Crippen molar-refractivity contribution < 1.29 is 18.8 Å². The molecule has 21 heavy (non-hydrogen) atoms. The summed E-state index contributed by atoms with van der Waals surface area (Å²) in [6.45, 7) is 0.185. The average Bonchev–Trinajstić information content (AvgIpc) is 2.95. The second-order valence-electron chi connectivity index (χ2n) is 4.45. The van der Waals surface area contributed by atoms with Crippen LogP contribution in [0.1, 0.15) is 18.7 Å². The summed E-state index contributed by atoms with van der Waals surface area (Å²) < 4.78 is 17.9. The zero-order valence-electron chi connectivity index (χ0n) is 11.4. The van der Waals surface area contributed by atoms with Gasteiger partial charge in [0.1, 0.15) is 5.82 Å². The van der Waals surface area contributed by atoms with Gasteiger partial charge in [-0.2, -0.15) is 4.98 Å². The van der Waals surface area contributed by atoms with E-state index in [1.165, 1.54) is 12.1 Å². The molecule has 2 N–H and O–H groups in total. The van der Waals surface area contributed by atoms with Crippen LogP contribution in [0.15, 0.2) is 28.8 Å². The van der Waals surface area contributed by atoms with E-state index >= 15 is 0 Å². The van der Waals surface area contributed by atoms with Crippen LogP contribution in [0, 0.1) is 5.82 Å². The number of halogens is 1. The number of carbonyl (C=O) groups is 1. The smallest absolute Gasteiger partial charge is 0.226 e. The Balaban J connectivity index is 1.83. The number of amides is 1. The Labute approximate surface area is 121 Å². The summed E-state index contributed by atoms with van der Waals surface area (Å²) in [7, 11) is 0. The lowest BCUT2D eigenvalue weighted by molar-refractivity contribution is -0.121. The van der Waals surface area contributed by atoms with E-state index in [0.717, 1.165) is 0 Å². The first-order valence-corrected chi connectivity index (χ1v) is 6.65. The number of hydrogen-bond donors (Lipinski definition) is 2. The van der Waals surface area contributed by atoms with Crippen LogP contribution < -0.4 is 5.32 Å². The lowest BCUT2D eigenvalue weighted by Gasteiger charge is -2.00. The molecule has 0 saturated heterocycles. The Bertz CT molecular complexity index is 583. The predicted molar refractivity (Wildman–Crippen MR) is 72.7 cm³/mol. The Kier molecular flexibility index (Phi) is 5.39. The van der Waals surface area contributed by atoms with Crippen molar-refractivity contribution in [1.29, 1.82) is 0 Å². The Morgan fingerprint density at radius 2 is 2.10 bits per heavy atom. The number of nitrogens with zero attached hydrogens (tertiary/aromatic N) is 2. The zero-order valence-corrected chi connectivity index (χ0v) is 11.4. The molecular formula is C14H16FN3O3. The third-order valence-electron chi connectivity index (χ3n) is 2.80. The summed E-state index contributed by atoms with van der Waals surface area (Å²) in [6.07, 6.45) is 1.39. The van der Waals surface area contributed by atoms with Crippen molar-refractivity contribution in [2.75, 3.05) is 13.2 Å². The molecule has 1 amide bonds. The van der Waals surface area contributed by atoms with Crippen LogP contribution in [0.3, 0.4) is 0 Å². The number of aromatic nitrogens is 2. The Morgan fingerprint density at radius 3 is 2.81 bits per heavy atom. The molecule has 1 aromatic carbocycles. The van der Waals surface area contributed by atoms with Gasteiger partial charge in [-0.3, -0.25) is 4.79 Å². The molecule has 0 spiro atoms. The minimum absolute atomic E-state index is 0.0730. The summed E-state index contributed by atoms with van der Waals surface area (Å²) in [6, 6.07) is 5.81. The number of benzene rings is 1. The lowest BCUT2D eigenvalue weighted by atomic mass is 10.2. The molecule has 112 valence electrons. The van der Waals surface area contributed by atoms with Crippen molar-refractivity contribution >= 4 is 5.91 Å². The topological polar surface area (TPSA) is 88.2 Å². The fourth-order valence-corrected chi connectivity index (χ4v) is 1.76. The van der Waals surface area contributed by atoms with Crippen LogP contribution in [0.25, 0.3) is 11.4 Å². The van der Waals surface area contributed by atoms with Crippen LogP contribution in [-0.4, -0.2) is 34.3 Å². The molecule has 0 aliphatic rings. The average molecular weight is 293 g/mol. The van der Waals surface area contributed by atoms with Crippen LogP contribution in [0.5, 0.6) is 0 Å². The predicted octanol–water partition coefficient (Wildman–Crippen LogP) is 1.31. The van der Waals surface area contributed by atoms with Crippen molar-refractivity contribution in [3.8, 4) is 11.4 Å². The number of nitrogens with one attached hydrogen (secondary N) is 1. The summed E-state index contributed by atoms with van der Waals surface area (Å²) >= 11 is 0. The highest BCUT2D eigenvalue weighted by molar-refractivity contribution is 5.75. The van der Waals surface area contributed by atoms with Crippen LogP contribution in [0.2, 0.25) is 0 Å². The molecular weight excluding hydrogens is 277 g/mol. The molecule has 0 aliphatic heterocycles. The molecule has 0 radical (unpaired) electrons. The van der Waals surface area contributed by atoms with E-state index in [1.54, 1.807) is 12.1 Å².